The molecular formula is C25H30O4. The molecule has 0 aromatic carbocycles. The quantitative estimate of drug-likeness (QED) is 0.355. The first-order valence-electron chi connectivity index (χ1n) is 10.2. The monoisotopic (exact) mass is 394 g/mol. The van der Waals surface area contributed by atoms with Crippen molar-refractivity contribution in [1.82, 2.24) is 0 Å². The summed E-state index contributed by atoms with van der Waals surface area (Å²) in [7, 11) is 1.68. The molecule has 0 aliphatic heterocycles. The predicted molar refractivity (Wildman–Crippen MR) is 113 cm³/mol. The van der Waals surface area contributed by atoms with Gasteiger partial charge in [0, 0.05) is 31.3 Å². The van der Waals surface area contributed by atoms with Gasteiger partial charge in [-0.05, 0) is 55.0 Å². The van der Waals surface area contributed by atoms with Crippen molar-refractivity contribution in [2.45, 2.75) is 51.9 Å². The zero-order valence-corrected chi connectivity index (χ0v) is 17.4. The third-order valence-electron chi connectivity index (χ3n) is 5.72. The summed E-state index contributed by atoms with van der Waals surface area (Å²) in [5.41, 5.74) is 2.06. The van der Waals surface area contributed by atoms with E-state index in [9.17, 15) is 4.79 Å². The molecule has 4 nitrogen and oxygen atoms in total. The van der Waals surface area contributed by atoms with Crippen LogP contribution < -0.4 is 0 Å². The summed E-state index contributed by atoms with van der Waals surface area (Å²) in [4.78, 5) is 13.2. The van der Waals surface area contributed by atoms with Gasteiger partial charge in [-0.1, -0.05) is 25.2 Å². The predicted octanol–water partition coefficient (Wildman–Crippen LogP) is 6.21. The average Bonchev–Trinajstić information content (AvgIpc) is 3.40. The highest BCUT2D eigenvalue weighted by Crippen LogP contribution is 2.43. The van der Waals surface area contributed by atoms with Crippen molar-refractivity contribution in [3.63, 3.8) is 0 Å². The molecule has 0 bridgehead atoms. The molecule has 154 valence electrons. The van der Waals surface area contributed by atoms with E-state index in [1.807, 2.05) is 30.3 Å². The van der Waals surface area contributed by atoms with E-state index in [0.29, 0.717) is 12.8 Å². The van der Waals surface area contributed by atoms with Crippen molar-refractivity contribution in [3.05, 3.63) is 83.9 Å². The minimum absolute atomic E-state index is 0.0823. The molecule has 1 aliphatic rings. The standard InChI is InChI=1S/C25H30O4/c1-4-7-20(27-3)12-13-25(2)17-19(10-11-21-8-5-14-28-21)23(24(26)18-25)16-22-9-6-15-29-22/h4-9,14-15H,1,10-13,16-18H2,2-3H3/b20-7-. The lowest BCUT2D eigenvalue weighted by Gasteiger charge is -2.36. The molecule has 0 N–H and O–H groups in total. The summed E-state index contributed by atoms with van der Waals surface area (Å²) >= 11 is 0. The molecule has 2 heterocycles. The van der Waals surface area contributed by atoms with Crippen LogP contribution in [0.5, 0.6) is 0 Å². The number of methoxy groups -OCH3 is 1. The number of furan rings is 2. The van der Waals surface area contributed by atoms with E-state index < -0.39 is 0 Å². The highest BCUT2D eigenvalue weighted by atomic mass is 16.5. The SMILES string of the molecule is C=C/C=C(/CCC1(C)CC(=O)C(Cc2ccco2)=C(CCc2ccco2)C1)OC. The summed E-state index contributed by atoms with van der Waals surface area (Å²) in [6.45, 7) is 5.95. The third kappa shape index (κ3) is 5.63. The van der Waals surface area contributed by atoms with E-state index in [2.05, 4.69) is 13.5 Å². The Kier molecular flexibility index (Phi) is 6.97. The smallest absolute Gasteiger partial charge is 0.159 e. The van der Waals surface area contributed by atoms with Crippen molar-refractivity contribution in [2.24, 2.45) is 5.41 Å². The average molecular weight is 395 g/mol. The lowest BCUT2D eigenvalue weighted by atomic mass is 9.68. The van der Waals surface area contributed by atoms with Crippen LogP contribution in [0.4, 0.5) is 0 Å². The second-order valence-electron chi connectivity index (χ2n) is 8.08. The number of allylic oxidation sites excluding steroid dienone is 5. The van der Waals surface area contributed by atoms with Crippen molar-refractivity contribution in [1.29, 1.82) is 0 Å². The summed E-state index contributed by atoms with van der Waals surface area (Å²) < 4.78 is 16.5. The van der Waals surface area contributed by atoms with Crippen LogP contribution >= 0.6 is 0 Å². The molecule has 3 rings (SSSR count). The minimum Gasteiger partial charge on any atom is -0.501 e. The van der Waals surface area contributed by atoms with E-state index in [4.69, 9.17) is 13.6 Å². The molecule has 0 radical (unpaired) electrons. The number of carbonyl (C=O) groups is 1. The lowest BCUT2D eigenvalue weighted by molar-refractivity contribution is -0.118. The van der Waals surface area contributed by atoms with Crippen LogP contribution in [0.2, 0.25) is 0 Å². The molecule has 1 aliphatic carbocycles. The Bertz CT molecular complexity index is 868. The Morgan fingerprint density at radius 1 is 1.17 bits per heavy atom. The van der Waals surface area contributed by atoms with Crippen molar-refractivity contribution < 1.29 is 18.4 Å². The maximum absolute atomic E-state index is 13.2. The Labute approximate surface area is 172 Å². The first-order valence-corrected chi connectivity index (χ1v) is 10.2. The zero-order chi connectivity index (χ0) is 20.7. The van der Waals surface area contributed by atoms with Gasteiger partial charge in [-0.15, -0.1) is 0 Å². The second kappa shape index (κ2) is 9.64. The van der Waals surface area contributed by atoms with Crippen molar-refractivity contribution >= 4 is 5.78 Å². The molecule has 0 saturated carbocycles. The number of hydrogen-bond acceptors (Lipinski definition) is 4. The number of carbonyl (C=O) groups excluding carboxylic acids is 1. The summed E-state index contributed by atoms with van der Waals surface area (Å²) in [6, 6.07) is 7.70. The Morgan fingerprint density at radius 2 is 1.90 bits per heavy atom. The zero-order valence-electron chi connectivity index (χ0n) is 17.4. The summed E-state index contributed by atoms with van der Waals surface area (Å²) in [5.74, 6) is 2.92. The largest absolute Gasteiger partial charge is 0.501 e. The van der Waals surface area contributed by atoms with Crippen molar-refractivity contribution in [2.75, 3.05) is 7.11 Å². The number of aryl methyl sites for hydroxylation is 1. The molecule has 0 amide bonds. The first kappa shape index (κ1) is 21.0. The molecular weight excluding hydrogens is 364 g/mol. The van der Waals surface area contributed by atoms with Gasteiger partial charge >= 0.3 is 0 Å². The third-order valence-corrected chi connectivity index (χ3v) is 5.72. The van der Waals surface area contributed by atoms with Crippen LogP contribution in [0.3, 0.4) is 0 Å². The van der Waals surface area contributed by atoms with Gasteiger partial charge in [0.05, 0.1) is 25.4 Å². The number of hydrogen-bond donors (Lipinski definition) is 0. The molecule has 1 unspecified atom stereocenters. The van der Waals surface area contributed by atoms with E-state index in [1.165, 1.54) is 5.57 Å². The van der Waals surface area contributed by atoms with Crippen LogP contribution in [0, 0.1) is 5.41 Å². The van der Waals surface area contributed by atoms with Gasteiger partial charge in [-0.3, -0.25) is 4.79 Å². The van der Waals surface area contributed by atoms with Gasteiger partial charge in [0.25, 0.3) is 0 Å². The van der Waals surface area contributed by atoms with E-state index in [1.54, 1.807) is 25.7 Å². The minimum atomic E-state index is -0.0823. The molecule has 2 aromatic heterocycles. The number of ether oxygens (including phenoxy) is 1. The number of ketones is 1. The van der Waals surface area contributed by atoms with E-state index in [0.717, 1.165) is 55.0 Å². The summed E-state index contributed by atoms with van der Waals surface area (Å²) in [6.07, 6.45) is 12.3. The topological polar surface area (TPSA) is 52.6 Å². The van der Waals surface area contributed by atoms with Gasteiger partial charge in [0.1, 0.15) is 11.5 Å². The van der Waals surface area contributed by atoms with Crippen LogP contribution in [-0.4, -0.2) is 12.9 Å². The number of rotatable bonds is 10. The van der Waals surface area contributed by atoms with Crippen molar-refractivity contribution in [3.8, 4) is 0 Å². The summed E-state index contributed by atoms with van der Waals surface area (Å²) in [5, 5.41) is 0. The van der Waals surface area contributed by atoms with Gasteiger partial charge in [0.2, 0.25) is 0 Å². The fraction of sp³-hybridized carbons (Fsp3) is 0.400. The fourth-order valence-corrected chi connectivity index (χ4v) is 4.14. The Balaban J connectivity index is 1.79. The highest BCUT2D eigenvalue weighted by molar-refractivity contribution is 5.97. The van der Waals surface area contributed by atoms with Crippen LogP contribution in [-0.2, 0) is 22.4 Å². The molecule has 4 heteroatoms. The molecule has 29 heavy (non-hydrogen) atoms. The Hall–Kier alpha value is -2.75. The van der Waals surface area contributed by atoms with Crippen LogP contribution in [0.25, 0.3) is 0 Å². The van der Waals surface area contributed by atoms with Gasteiger partial charge < -0.3 is 13.6 Å². The molecule has 0 fully saturated rings. The maximum atomic E-state index is 13.2. The van der Waals surface area contributed by atoms with Crippen LogP contribution in [0.15, 0.2) is 81.3 Å². The van der Waals surface area contributed by atoms with Gasteiger partial charge in [0.15, 0.2) is 5.78 Å². The van der Waals surface area contributed by atoms with E-state index >= 15 is 0 Å². The lowest BCUT2D eigenvalue weighted by Crippen LogP contribution is -2.29. The highest BCUT2D eigenvalue weighted by Gasteiger charge is 2.36. The molecule has 0 saturated heterocycles. The molecule has 1 atom stereocenters. The Morgan fingerprint density at radius 3 is 2.52 bits per heavy atom. The van der Waals surface area contributed by atoms with Crippen LogP contribution in [0.1, 0.15) is 50.5 Å². The molecule has 0 spiro atoms. The first-order chi connectivity index (χ1) is 14.0. The molecule has 2 aromatic rings. The van der Waals surface area contributed by atoms with Gasteiger partial charge in [-0.25, -0.2) is 0 Å². The van der Waals surface area contributed by atoms with Gasteiger partial charge in [-0.2, -0.15) is 0 Å². The van der Waals surface area contributed by atoms with E-state index in [-0.39, 0.29) is 11.2 Å². The number of Topliss-reactive ketones (excluding diaryl/α,β-unsaturated/α-hetero) is 1. The second-order valence-corrected chi connectivity index (χ2v) is 8.08. The maximum Gasteiger partial charge on any atom is 0.159 e. The fourth-order valence-electron chi connectivity index (χ4n) is 4.14. The normalized spacial score (nSPS) is 20.2.